The highest BCUT2D eigenvalue weighted by Gasteiger charge is 2.54. The molecule has 2 aromatic carbocycles. The van der Waals surface area contributed by atoms with E-state index in [0.29, 0.717) is 16.3 Å². The van der Waals surface area contributed by atoms with Crippen molar-refractivity contribution in [3.8, 4) is 0 Å². The van der Waals surface area contributed by atoms with E-state index in [1.54, 1.807) is 37.3 Å². The van der Waals surface area contributed by atoms with Crippen LogP contribution in [0.4, 0.5) is 0 Å². The molecular weight excluding hydrogens is 390 g/mol. The molecule has 0 amide bonds. The molecule has 29 heavy (non-hydrogen) atoms. The van der Waals surface area contributed by atoms with Crippen molar-refractivity contribution in [1.29, 1.82) is 0 Å². The molecule has 0 bridgehead atoms. The van der Waals surface area contributed by atoms with Crippen molar-refractivity contribution < 1.29 is 19.8 Å². The lowest BCUT2D eigenvalue weighted by Gasteiger charge is -2.42. The van der Waals surface area contributed by atoms with Gasteiger partial charge in [0.2, 0.25) is 0 Å². The van der Waals surface area contributed by atoms with Crippen molar-refractivity contribution in [3.63, 3.8) is 0 Å². The van der Waals surface area contributed by atoms with Gasteiger partial charge in [-0.05, 0) is 36.6 Å². The highest BCUT2D eigenvalue weighted by atomic mass is 35.5. The van der Waals surface area contributed by atoms with E-state index in [4.69, 9.17) is 11.6 Å². The van der Waals surface area contributed by atoms with Gasteiger partial charge >= 0.3 is 11.9 Å². The highest BCUT2D eigenvalue weighted by Crippen LogP contribution is 2.48. The Morgan fingerprint density at radius 1 is 1.17 bits per heavy atom. The van der Waals surface area contributed by atoms with Crippen LogP contribution in [0.15, 0.2) is 65.7 Å². The maximum atomic E-state index is 12.5. The van der Waals surface area contributed by atoms with Crippen LogP contribution in [-0.2, 0) is 9.59 Å². The van der Waals surface area contributed by atoms with Crippen molar-refractivity contribution in [3.05, 3.63) is 76.8 Å². The molecule has 0 saturated heterocycles. The van der Waals surface area contributed by atoms with Crippen molar-refractivity contribution in [2.45, 2.75) is 19.3 Å². The zero-order chi connectivity index (χ0) is 21.0. The van der Waals surface area contributed by atoms with E-state index in [9.17, 15) is 19.8 Å². The Kier molecular flexibility index (Phi) is 6.18. The summed E-state index contributed by atoms with van der Waals surface area (Å²) in [5, 5.41) is 20.6. The number of nitrogens with zero attached hydrogens (tertiary/aromatic N) is 1. The molecule has 0 saturated carbocycles. The summed E-state index contributed by atoms with van der Waals surface area (Å²) in [6.45, 7) is 1.65. The third kappa shape index (κ3) is 4.25. The average molecular weight is 412 g/mol. The van der Waals surface area contributed by atoms with Crippen LogP contribution in [0.3, 0.4) is 0 Å². The van der Waals surface area contributed by atoms with Gasteiger partial charge in [-0.2, -0.15) is 0 Å². The summed E-state index contributed by atoms with van der Waals surface area (Å²) >= 11 is 6.15. The zero-order valence-electron chi connectivity index (χ0n) is 16.0. The van der Waals surface area contributed by atoms with Crippen molar-refractivity contribution in [2.75, 3.05) is 6.54 Å². The van der Waals surface area contributed by atoms with E-state index in [1.807, 2.05) is 36.4 Å². The van der Waals surface area contributed by atoms with Crippen molar-refractivity contribution >= 4 is 35.3 Å². The van der Waals surface area contributed by atoms with Crippen LogP contribution in [0.5, 0.6) is 0 Å². The van der Waals surface area contributed by atoms with Crippen LogP contribution in [0.2, 0.25) is 5.02 Å². The van der Waals surface area contributed by atoms with Crippen LogP contribution in [0.25, 0.3) is 6.08 Å². The van der Waals surface area contributed by atoms with Crippen LogP contribution < -0.4 is 0 Å². The standard InChI is InChI=1S/C23H22ClNO4/c1-15-19(21(26)27)20(17-10-5-11-18(24)13-17)23(14-25-15,22(28)29)12-6-9-16-7-3-2-4-8-16/h2-11,13,19-20H,12,14H2,1H3,(H,26,27)(H,28,29). The van der Waals surface area contributed by atoms with Crippen LogP contribution in [0.1, 0.15) is 30.4 Å². The van der Waals surface area contributed by atoms with Gasteiger partial charge in [0.15, 0.2) is 0 Å². The summed E-state index contributed by atoms with van der Waals surface area (Å²) in [6.07, 6.45) is 3.78. The number of benzene rings is 2. The Bertz CT molecular complexity index is 970. The molecule has 3 unspecified atom stereocenters. The molecule has 0 aromatic heterocycles. The molecule has 150 valence electrons. The third-order valence-electron chi connectivity index (χ3n) is 5.48. The number of carboxylic acids is 2. The second-order valence-corrected chi connectivity index (χ2v) is 7.72. The van der Waals surface area contributed by atoms with Gasteiger partial charge in [-0.1, -0.05) is 66.2 Å². The molecule has 3 rings (SSSR count). The summed E-state index contributed by atoms with van der Waals surface area (Å²) in [6, 6.07) is 16.3. The monoisotopic (exact) mass is 411 g/mol. The van der Waals surface area contributed by atoms with Gasteiger partial charge in [0.1, 0.15) is 5.92 Å². The SMILES string of the molecule is CC1=NCC(CC=Cc2ccccc2)(C(=O)O)C(c2cccc(Cl)c2)C1C(=O)O. The first-order valence-electron chi connectivity index (χ1n) is 9.29. The second kappa shape index (κ2) is 8.62. The van der Waals surface area contributed by atoms with Gasteiger partial charge in [0.05, 0.1) is 12.0 Å². The van der Waals surface area contributed by atoms with Crippen molar-refractivity contribution in [1.82, 2.24) is 0 Å². The van der Waals surface area contributed by atoms with E-state index >= 15 is 0 Å². The Labute approximate surface area is 174 Å². The number of carbonyl (C=O) groups is 2. The molecule has 1 aliphatic rings. The Morgan fingerprint density at radius 2 is 1.90 bits per heavy atom. The fraction of sp³-hybridized carbons (Fsp3) is 0.261. The van der Waals surface area contributed by atoms with Gasteiger partial charge in [0.25, 0.3) is 0 Å². The number of halogens is 1. The Morgan fingerprint density at radius 3 is 2.52 bits per heavy atom. The van der Waals surface area contributed by atoms with Gasteiger partial charge in [-0.15, -0.1) is 0 Å². The zero-order valence-corrected chi connectivity index (χ0v) is 16.7. The predicted molar refractivity (Wildman–Crippen MR) is 113 cm³/mol. The molecule has 6 heteroatoms. The summed E-state index contributed by atoms with van der Waals surface area (Å²) in [5.74, 6) is -3.99. The summed E-state index contributed by atoms with van der Waals surface area (Å²) in [4.78, 5) is 29.0. The summed E-state index contributed by atoms with van der Waals surface area (Å²) in [5.41, 5.74) is 0.567. The molecule has 2 aromatic rings. The first-order chi connectivity index (χ1) is 13.8. The van der Waals surface area contributed by atoms with Crippen LogP contribution >= 0.6 is 11.6 Å². The van der Waals surface area contributed by atoms with E-state index in [-0.39, 0.29) is 13.0 Å². The smallest absolute Gasteiger partial charge is 0.312 e. The number of hydrogen-bond acceptors (Lipinski definition) is 3. The molecular formula is C23H22ClNO4. The van der Waals surface area contributed by atoms with Gasteiger partial charge in [-0.3, -0.25) is 14.6 Å². The van der Waals surface area contributed by atoms with Gasteiger partial charge in [-0.25, -0.2) is 0 Å². The minimum atomic E-state index is -1.39. The van der Waals surface area contributed by atoms with E-state index in [0.717, 1.165) is 5.56 Å². The largest absolute Gasteiger partial charge is 0.481 e. The van der Waals surface area contributed by atoms with E-state index in [2.05, 4.69) is 4.99 Å². The van der Waals surface area contributed by atoms with Gasteiger partial charge in [0, 0.05) is 16.7 Å². The fourth-order valence-corrected chi connectivity index (χ4v) is 4.20. The van der Waals surface area contributed by atoms with Gasteiger partial charge < -0.3 is 10.2 Å². The lowest BCUT2D eigenvalue weighted by molar-refractivity contribution is -0.152. The molecule has 1 aliphatic heterocycles. The van der Waals surface area contributed by atoms with Crippen LogP contribution in [-0.4, -0.2) is 34.4 Å². The molecule has 0 fully saturated rings. The lowest BCUT2D eigenvalue weighted by Crippen LogP contribution is -2.50. The molecule has 0 radical (unpaired) electrons. The maximum Gasteiger partial charge on any atom is 0.312 e. The van der Waals surface area contributed by atoms with E-state index < -0.39 is 29.2 Å². The third-order valence-corrected chi connectivity index (χ3v) is 5.72. The number of hydrogen-bond donors (Lipinski definition) is 2. The number of aliphatic imine (C=N–C) groups is 1. The molecule has 5 nitrogen and oxygen atoms in total. The lowest BCUT2D eigenvalue weighted by atomic mass is 9.61. The fourth-order valence-electron chi connectivity index (χ4n) is 4.00. The Hall–Kier alpha value is -2.92. The van der Waals surface area contributed by atoms with Crippen molar-refractivity contribution in [2.24, 2.45) is 16.3 Å². The predicted octanol–water partition coefficient (Wildman–Crippen LogP) is 4.77. The normalized spacial score (nSPS) is 24.3. The number of allylic oxidation sites excluding steroid dienone is 1. The molecule has 2 N–H and O–H groups in total. The first kappa shape index (κ1) is 20.8. The number of aliphatic carboxylic acids is 2. The second-order valence-electron chi connectivity index (χ2n) is 7.28. The van der Waals surface area contributed by atoms with Crippen LogP contribution in [0, 0.1) is 11.3 Å². The maximum absolute atomic E-state index is 12.5. The molecule has 0 aliphatic carbocycles. The quantitative estimate of drug-likeness (QED) is 0.716. The minimum Gasteiger partial charge on any atom is -0.481 e. The number of rotatable bonds is 6. The minimum absolute atomic E-state index is 0.00819. The summed E-state index contributed by atoms with van der Waals surface area (Å²) < 4.78 is 0. The van der Waals surface area contributed by atoms with E-state index in [1.165, 1.54) is 0 Å². The summed E-state index contributed by atoms with van der Waals surface area (Å²) in [7, 11) is 0. The molecule has 3 atom stereocenters. The molecule has 0 spiro atoms. The number of carboxylic acid groups (broad SMARTS) is 2. The Balaban J connectivity index is 2.09. The average Bonchev–Trinajstić information content (AvgIpc) is 2.69. The topological polar surface area (TPSA) is 87.0 Å². The first-order valence-corrected chi connectivity index (χ1v) is 9.67. The highest BCUT2D eigenvalue weighted by molar-refractivity contribution is 6.30. The molecule has 1 heterocycles.